The highest BCUT2D eigenvalue weighted by atomic mass is 32.2. The number of hydrogen-bond donors (Lipinski definition) is 1. The highest BCUT2D eigenvalue weighted by molar-refractivity contribution is 7.99. The van der Waals surface area contributed by atoms with Gasteiger partial charge in [0.1, 0.15) is 11.4 Å². The summed E-state index contributed by atoms with van der Waals surface area (Å²) in [5, 5.41) is 0.812. The molecule has 1 aromatic heterocycles. The smallest absolute Gasteiger partial charge is 0.193 e. The molecule has 17 heavy (non-hydrogen) atoms. The normalized spacial score (nSPS) is 10.8. The van der Waals surface area contributed by atoms with Crippen LogP contribution in [0.15, 0.2) is 11.4 Å². The summed E-state index contributed by atoms with van der Waals surface area (Å²) >= 11 is 1.65. The summed E-state index contributed by atoms with van der Waals surface area (Å²) < 4.78 is 5.20. The molecule has 0 aliphatic carbocycles. The van der Waals surface area contributed by atoms with E-state index in [0.717, 1.165) is 30.4 Å². The molecule has 0 saturated carbocycles. The number of ether oxygens (including phenoxy) is 1. The molecule has 0 saturated heterocycles. The number of aromatic nitrogens is 2. The van der Waals surface area contributed by atoms with E-state index in [0.29, 0.717) is 11.6 Å². The molecule has 0 atom stereocenters. The van der Waals surface area contributed by atoms with Crippen molar-refractivity contribution in [1.82, 2.24) is 14.9 Å². The number of rotatable bonds is 7. The molecule has 0 aliphatic rings. The molecular formula is C11H20N4OS. The van der Waals surface area contributed by atoms with E-state index in [1.54, 1.807) is 18.9 Å². The van der Waals surface area contributed by atoms with Gasteiger partial charge in [0.25, 0.3) is 0 Å². The Balaban J connectivity index is 2.54. The van der Waals surface area contributed by atoms with Gasteiger partial charge in [-0.1, -0.05) is 13.8 Å². The maximum atomic E-state index is 5.72. The molecule has 0 aliphatic heterocycles. The lowest BCUT2D eigenvalue weighted by Crippen LogP contribution is -2.25. The third-order valence-corrected chi connectivity index (χ3v) is 3.49. The molecule has 6 heteroatoms. The summed E-state index contributed by atoms with van der Waals surface area (Å²) in [7, 11) is 1.59. The topological polar surface area (TPSA) is 64.3 Å². The quantitative estimate of drug-likeness (QED) is 0.589. The first-order chi connectivity index (χ1) is 8.22. The van der Waals surface area contributed by atoms with Crippen LogP contribution in [0.2, 0.25) is 0 Å². The Kier molecular flexibility index (Phi) is 6.07. The van der Waals surface area contributed by atoms with Crippen molar-refractivity contribution < 1.29 is 4.74 Å². The second kappa shape index (κ2) is 7.34. The van der Waals surface area contributed by atoms with Crippen molar-refractivity contribution in [3.05, 3.63) is 6.33 Å². The first kappa shape index (κ1) is 14.1. The van der Waals surface area contributed by atoms with E-state index in [2.05, 4.69) is 28.7 Å². The number of anilines is 1. The van der Waals surface area contributed by atoms with Gasteiger partial charge in [0.05, 0.1) is 7.11 Å². The first-order valence-electron chi connectivity index (χ1n) is 5.72. The van der Waals surface area contributed by atoms with E-state index < -0.39 is 0 Å². The van der Waals surface area contributed by atoms with Gasteiger partial charge in [-0.15, -0.1) is 11.8 Å². The number of nitrogens with zero attached hydrogens (tertiary/aromatic N) is 3. The zero-order valence-corrected chi connectivity index (χ0v) is 11.5. The standard InChI is InChI=1S/C11H20N4OS/c1-4-15(5-2)6-7-17-11-9(16-3)10(12)13-8-14-11/h8H,4-7H2,1-3H3,(H2,12,13,14). The van der Waals surface area contributed by atoms with Crippen molar-refractivity contribution in [1.29, 1.82) is 0 Å². The van der Waals surface area contributed by atoms with E-state index >= 15 is 0 Å². The van der Waals surface area contributed by atoms with Gasteiger partial charge in [-0.3, -0.25) is 0 Å². The zero-order chi connectivity index (χ0) is 12.7. The lowest BCUT2D eigenvalue weighted by atomic mass is 10.5. The fraction of sp³-hybridized carbons (Fsp3) is 0.636. The SMILES string of the molecule is CCN(CC)CCSc1ncnc(N)c1OC. The van der Waals surface area contributed by atoms with Crippen LogP contribution in [-0.2, 0) is 0 Å². The minimum absolute atomic E-state index is 0.396. The highest BCUT2D eigenvalue weighted by Crippen LogP contribution is 2.30. The monoisotopic (exact) mass is 256 g/mol. The fourth-order valence-corrected chi connectivity index (χ4v) is 2.46. The van der Waals surface area contributed by atoms with Crippen LogP contribution in [0.4, 0.5) is 5.82 Å². The van der Waals surface area contributed by atoms with Crippen molar-refractivity contribution in [3.63, 3.8) is 0 Å². The van der Waals surface area contributed by atoms with Crippen molar-refractivity contribution in [3.8, 4) is 5.75 Å². The first-order valence-corrected chi connectivity index (χ1v) is 6.71. The van der Waals surface area contributed by atoms with Crippen LogP contribution in [0.3, 0.4) is 0 Å². The molecule has 1 aromatic rings. The summed E-state index contributed by atoms with van der Waals surface area (Å²) in [6.07, 6.45) is 1.47. The van der Waals surface area contributed by atoms with Gasteiger partial charge < -0.3 is 15.4 Å². The van der Waals surface area contributed by atoms with E-state index in [1.807, 2.05) is 0 Å². The molecule has 0 aromatic carbocycles. The largest absolute Gasteiger partial charge is 0.490 e. The molecule has 1 heterocycles. The predicted octanol–water partition coefficient (Wildman–Crippen LogP) is 1.50. The molecule has 2 N–H and O–H groups in total. The van der Waals surface area contributed by atoms with Gasteiger partial charge in [-0.05, 0) is 13.1 Å². The number of methoxy groups -OCH3 is 1. The summed E-state index contributed by atoms with van der Waals surface area (Å²) in [4.78, 5) is 10.5. The molecule has 0 fully saturated rings. The Labute approximate surface area is 107 Å². The molecule has 96 valence electrons. The Morgan fingerprint density at radius 2 is 2.06 bits per heavy atom. The molecule has 1 rings (SSSR count). The van der Waals surface area contributed by atoms with Crippen LogP contribution in [0.1, 0.15) is 13.8 Å². The molecule has 0 radical (unpaired) electrons. The van der Waals surface area contributed by atoms with E-state index in [-0.39, 0.29) is 0 Å². The third-order valence-electron chi connectivity index (χ3n) is 2.54. The van der Waals surface area contributed by atoms with Crippen molar-refractivity contribution in [2.75, 3.05) is 38.2 Å². The summed E-state index contributed by atoms with van der Waals surface area (Å²) in [5.41, 5.74) is 5.72. The Morgan fingerprint density at radius 1 is 1.35 bits per heavy atom. The van der Waals surface area contributed by atoms with Crippen LogP contribution in [0.25, 0.3) is 0 Å². The van der Waals surface area contributed by atoms with Gasteiger partial charge in [0.2, 0.25) is 0 Å². The maximum Gasteiger partial charge on any atom is 0.193 e. The lowest BCUT2D eigenvalue weighted by molar-refractivity contribution is 0.323. The van der Waals surface area contributed by atoms with E-state index in [4.69, 9.17) is 10.5 Å². The van der Waals surface area contributed by atoms with Gasteiger partial charge in [-0.2, -0.15) is 0 Å². The van der Waals surface area contributed by atoms with Gasteiger partial charge in [0.15, 0.2) is 11.6 Å². The Hall–Kier alpha value is -1.01. The van der Waals surface area contributed by atoms with Gasteiger partial charge in [-0.25, -0.2) is 9.97 Å². The summed E-state index contributed by atoms with van der Waals surface area (Å²) in [5.74, 6) is 1.94. The molecule has 0 bridgehead atoms. The number of thioether (sulfide) groups is 1. The minimum atomic E-state index is 0.396. The number of hydrogen-bond acceptors (Lipinski definition) is 6. The van der Waals surface area contributed by atoms with Crippen LogP contribution < -0.4 is 10.5 Å². The Morgan fingerprint density at radius 3 is 2.65 bits per heavy atom. The second-order valence-electron chi connectivity index (χ2n) is 3.47. The molecule has 0 spiro atoms. The summed E-state index contributed by atoms with van der Waals surface area (Å²) in [6, 6.07) is 0. The highest BCUT2D eigenvalue weighted by Gasteiger charge is 2.10. The summed E-state index contributed by atoms with van der Waals surface area (Å²) in [6.45, 7) is 7.50. The maximum absolute atomic E-state index is 5.72. The van der Waals surface area contributed by atoms with Crippen LogP contribution in [0.5, 0.6) is 5.75 Å². The van der Waals surface area contributed by atoms with Crippen LogP contribution >= 0.6 is 11.8 Å². The zero-order valence-electron chi connectivity index (χ0n) is 10.6. The third kappa shape index (κ3) is 4.05. The van der Waals surface area contributed by atoms with Crippen LogP contribution in [0, 0.1) is 0 Å². The predicted molar refractivity (Wildman–Crippen MR) is 71.5 cm³/mol. The van der Waals surface area contributed by atoms with E-state index in [1.165, 1.54) is 6.33 Å². The molecule has 5 nitrogen and oxygen atoms in total. The molecular weight excluding hydrogens is 236 g/mol. The average Bonchev–Trinajstić information content (AvgIpc) is 2.35. The van der Waals surface area contributed by atoms with Crippen molar-refractivity contribution in [2.24, 2.45) is 0 Å². The fourth-order valence-electron chi connectivity index (χ4n) is 1.48. The van der Waals surface area contributed by atoms with Crippen molar-refractivity contribution >= 4 is 17.6 Å². The lowest BCUT2D eigenvalue weighted by Gasteiger charge is -2.17. The van der Waals surface area contributed by atoms with Gasteiger partial charge in [0, 0.05) is 12.3 Å². The number of nitrogen functional groups attached to an aromatic ring is 1. The molecule has 0 unspecified atom stereocenters. The van der Waals surface area contributed by atoms with E-state index in [9.17, 15) is 0 Å². The van der Waals surface area contributed by atoms with Crippen LogP contribution in [-0.4, -0.2) is 47.4 Å². The average molecular weight is 256 g/mol. The van der Waals surface area contributed by atoms with Crippen molar-refractivity contribution in [2.45, 2.75) is 18.9 Å². The molecule has 0 amide bonds. The van der Waals surface area contributed by atoms with Gasteiger partial charge >= 0.3 is 0 Å². The second-order valence-corrected chi connectivity index (χ2v) is 4.56. The Bertz CT molecular complexity index is 344. The number of nitrogens with two attached hydrogens (primary N) is 1. The minimum Gasteiger partial charge on any atom is -0.490 e.